The van der Waals surface area contributed by atoms with Gasteiger partial charge in [-0.1, -0.05) is 140 Å². The number of fused-ring (bicyclic) bond motifs is 10. The molecule has 4 fully saturated rings. The zero-order chi connectivity index (χ0) is 34.4. The number of rotatable bonds is 2. The molecule has 252 valence electrons. The van der Waals surface area contributed by atoms with Gasteiger partial charge in [-0.3, -0.25) is 0 Å². The summed E-state index contributed by atoms with van der Waals surface area (Å²) in [6.45, 7) is 0. The monoisotopic (exact) mass is 694 g/mol. The van der Waals surface area contributed by atoms with Gasteiger partial charge in [0.25, 0.3) is 0 Å². The van der Waals surface area contributed by atoms with E-state index in [4.69, 9.17) is 0 Å². The van der Waals surface area contributed by atoms with Crippen molar-refractivity contribution in [1.29, 1.82) is 0 Å². The Morgan fingerprint density at radius 3 is 1.68 bits per heavy atom. The van der Waals surface area contributed by atoms with E-state index in [0.29, 0.717) is 0 Å². The minimum Gasteiger partial charge on any atom is -0.135 e. The molecule has 14 rings (SSSR count). The first-order chi connectivity index (χ1) is 26.3. The molecule has 5 aliphatic carbocycles. The van der Waals surface area contributed by atoms with Gasteiger partial charge in [0.05, 0.1) is 0 Å². The second kappa shape index (κ2) is 10.5. The average molecular weight is 695 g/mol. The van der Waals surface area contributed by atoms with Gasteiger partial charge in [0, 0.05) is 31.2 Å². The normalized spacial score (nSPS) is 23.9. The maximum absolute atomic E-state index is 2.53. The van der Waals surface area contributed by atoms with Gasteiger partial charge in [-0.25, -0.2) is 0 Å². The lowest BCUT2D eigenvalue weighted by atomic mass is 9.43. The summed E-state index contributed by atoms with van der Waals surface area (Å²) >= 11 is 1.93. The molecule has 9 aromatic rings. The molecule has 4 bridgehead atoms. The summed E-state index contributed by atoms with van der Waals surface area (Å²) in [6, 6.07) is 56.1. The van der Waals surface area contributed by atoms with Crippen LogP contribution in [-0.2, 0) is 5.41 Å². The molecule has 4 saturated carbocycles. The Bertz CT molecular complexity index is 2940. The van der Waals surface area contributed by atoms with Crippen LogP contribution in [0.15, 0.2) is 146 Å². The fourth-order valence-corrected chi connectivity index (χ4v) is 14.1. The van der Waals surface area contributed by atoms with Crippen LogP contribution in [0.5, 0.6) is 0 Å². The van der Waals surface area contributed by atoms with E-state index in [1.807, 2.05) is 11.3 Å². The van der Waals surface area contributed by atoms with Crippen LogP contribution in [0.2, 0.25) is 0 Å². The summed E-state index contributed by atoms with van der Waals surface area (Å²) in [6.07, 6.45) is 7.04. The summed E-state index contributed by atoms with van der Waals surface area (Å²) < 4.78 is 2.73. The van der Waals surface area contributed by atoms with E-state index >= 15 is 0 Å². The van der Waals surface area contributed by atoms with Crippen LogP contribution in [0.25, 0.3) is 85.9 Å². The van der Waals surface area contributed by atoms with Crippen molar-refractivity contribution in [1.82, 2.24) is 0 Å². The lowest BCUT2D eigenvalue weighted by Crippen LogP contribution is -2.55. The van der Waals surface area contributed by atoms with Crippen molar-refractivity contribution in [3.63, 3.8) is 0 Å². The molecule has 0 aliphatic heterocycles. The van der Waals surface area contributed by atoms with Crippen molar-refractivity contribution in [3.05, 3.63) is 157 Å². The molecular formula is C52H38S. The maximum Gasteiger partial charge on any atom is 0.0434 e. The van der Waals surface area contributed by atoms with Gasteiger partial charge in [-0.05, 0) is 133 Å². The fourth-order valence-electron chi connectivity index (χ4n) is 12.9. The minimum atomic E-state index is 0.0946. The third-order valence-electron chi connectivity index (χ3n) is 14.4. The standard InChI is InChI=1S/C52H38S/c1-3-16-39-37(14-1)48(38-15-2-4-17-40(38)49(39)44-20-10-18-42-36-13-6-8-22-46(36)53-51(42)44)43-19-9-11-32-23-24-41-35-12-5-7-21-45(35)52(50(41)47(32)43)33-26-30-25-31(28-33)29-34(52)27-30/h1-24,30-31,33-34H,25-29H2. The summed E-state index contributed by atoms with van der Waals surface area (Å²) in [7, 11) is 0. The minimum absolute atomic E-state index is 0.0946. The molecule has 0 unspecified atom stereocenters. The summed E-state index contributed by atoms with van der Waals surface area (Å²) in [5, 5.41) is 11.0. The largest absolute Gasteiger partial charge is 0.135 e. The molecule has 0 amide bonds. The number of hydrogen-bond donors (Lipinski definition) is 0. The van der Waals surface area contributed by atoms with Gasteiger partial charge in [0.2, 0.25) is 0 Å². The van der Waals surface area contributed by atoms with Crippen molar-refractivity contribution in [2.75, 3.05) is 0 Å². The van der Waals surface area contributed by atoms with Crippen LogP contribution in [0.1, 0.15) is 43.2 Å². The highest BCUT2D eigenvalue weighted by atomic mass is 32.1. The predicted molar refractivity (Wildman–Crippen MR) is 226 cm³/mol. The molecule has 8 aromatic carbocycles. The highest BCUT2D eigenvalue weighted by Crippen LogP contribution is 2.70. The van der Waals surface area contributed by atoms with Gasteiger partial charge >= 0.3 is 0 Å². The maximum atomic E-state index is 2.53. The van der Waals surface area contributed by atoms with Crippen LogP contribution < -0.4 is 0 Å². The van der Waals surface area contributed by atoms with E-state index in [1.54, 1.807) is 11.1 Å². The first kappa shape index (κ1) is 29.2. The predicted octanol–water partition coefficient (Wildman–Crippen LogP) is 14.6. The van der Waals surface area contributed by atoms with Crippen LogP contribution in [0.3, 0.4) is 0 Å². The lowest BCUT2D eigenvalue weighted by molar-refractivity contribution is -0.0393. The molecule has 1 spiro atoms. The molecule has 0 nitrogen and oxygen atoms in total. The molecular weight excluding hydrogens is 657 g/mol. The third kappa shape index (κ3) is 3.67. The van der Waals surface area contributed by atoms with Crippen molar-refractivity contribution in [2.24, 2.45) is 23.7 Å². The lowest BCUT2D eigenvalue weighted by Gasteiger charge is -2.61. The first-order valence-electron chi connectivity index (χ1n) is 19.8. The molecule has 0 atom stereocenters. The Morgan fingerprint density at radius 2 is 0.962 bits per heavy atom. The molecule has 0 saturated heterocycles. The second-order valence-corrected chi connectivity index (χ2v) is 17.8. The van der Waals surface area contributed by atoms with Gasteiger partial charge < -0.3 is 0 Å². The Hall–Kier alpha value is -5.24. The first-order valence-corrected chi connectivity index (χ1v) is 20.6. The van der Waals surface area contributed by atoms with Gasteiger partial charge in [0.15, 0.2) is 0 Å². The summed E-state index contributed by atoms with van der Waals surface area (Å²) in [4.78, 5) is 0. The van der Waals surface area contributed by atoms with E-state index in [2.05, 4.69) is 146 Å². The quantitative estimate of drug-likeness (QED) is 0.158. The molecule has 0 N–H and O–H groups in total. The highest BCUT2D eigenvalue weighted by Gasteiger charge is 2.62. The van der Waals surface area contributed by atoms with Crippen molar-refractivity contribution < 1.29 is 0 Å². The van der Waals surface area contributed by atoms with Gasteiger partial charge in [-0.2, -0.15) is 0 Å². The average Bonchev–Trinajstić information content (AvgIpc) is 3.73. The van der Waals surface area contributed by atoms with Crippen molar-refractivity contribution >= 4 is 63.8 Å². The van der Waals surface area contributed by atoms with Gasteiger partial charge in [0.1, 0.15) is 0 Å². The molecule has 0 radical (unpaired) electrons. The molecule has 1 heterocycles. The molecule has 1 aromatic heterocycles. The number of benzene rings is 8. The fraction of sp³-hybridized carbons (Fsp3) is 0.192. The smallest absolute Gasteiger partial charge is 0.0434 e. The van der Waals surface area contributed by atoms with E-state index < -0.39 is 0 Å². The zero-order valence-electron chi connectivity index (χ0n) is 29.6. The summed E-state index contributed by atoms with van der Waals surface area (Å²) in [5.74, 6) is 3.27. The van der Waals surface area contributed by atoms with Crippen LogP contribution in [-0.4, -0.2) is 0 Å². The summed E-state index contributed by atoms with van der Waals surface area (Å²) in [5.41, 5.74) is 11.9. The second-order valence-electron chi connectivity index (χ2n) is 16.7. The molecule has 5 aliphatic rings. The number of hydrogen-bond acceptors (Lipinski definition) is 1. The Labute approximate surface area is 313 Å². The highest BCUT2D eigenvalue weighted by molar-refractivity contribution is 7.26. The van der Waals surface area contributed by atoms with E-state index in [-0.39, 0.29) is 5.41 Å². The SMILES string of the molecule is c1ccc2c(c1)-c1ccc3cccc(-c4c5ccccc5c(-c5cccc6c5sc5ccccc56)c5ccccc45)c3c1C21C2CC3CC(C2)CC1C3. The van der Waals surface area contributed by atoms with Crippen LogP contribution in [0.4, 0.5) is 0 Å². The topological polar surface area (TPSA) is 0 Å². The van der Waals surface area contributed by atoms with Crippen molar-refractivity contribution in [2.45, 2.75) is 37.5 Å². The van der Waals surface area contributed by atoms with Gasteiger partial charge in [-0.15, -0.1) is 11.3 Å². The van der Waals surface area contributed by atoms with Crippen LogP contribution in [0, 0.1) is 23.7 Å². The number of thiophene rings is 1. The zero-order valence-corrected chi connectivity index (χ0v) is 30.4. The Kier molecular flexibility index (Phi) is 5.77. The molecule has 53 heavy (non-hydrogen) atoms. The van der Waals surface area contributed by atoms with Crippen LogP contribution >= 0.6 is 11.3 Å². The van der Waals surface area contributed by atoms with E-state index in [0.717, 1.165) is 23.7 Å². The Morgan fingerprint density at radius 1 is 0.415 bits per heavy atom. The van der Waals surface area contributed by atoms with Crippen molar-refractivity contribution in [3.8, 4) is 33.4 Å². The third-order valence-corrected chi connectivity index (χ3v) is 15.6. The van der Waals surface area contributed by atoms with E-state index in [1.165, 1.54) is 118 Å². The van der Waals surface area contributed by atoms with E-state index in [9.17, 15) is 0 Å². The molecule has 1 heteroatoms. The Balaban J connectivity index is 1.16.